The Labute approximate surface area is 123 Å². The normalized spacial score (nSPS) is 10.7. The van der Waals surface area contributed by atoms with Crippen molar-refractivity contribution in [1.29, 1.82) is 0 Å². The van der Waals surface area contributed by atoms with E-state index in [1.165, 1.54) is 5.56 Å². The Morgan fingerprint density at radius 2 is 2.00 bits per heavy atom. The van der Waals surface area contributed by atoms with Crippen LogP contribution in [0, 0.1) is 0 Å². The molecule has 0 N–H and O–H groups in total. The van der Waals surface area contributed by atoms with Gasteiger partial charge in [-0.1, -0.05) is 19.1 Å². The number of hydrogen-bond acceptors (Lipinski definition) is 3. The van der Waals surface area contributed by atoms with E-state index in [2.05, 4.69) is 16.9 Å². The highest BCUT2D eigenvalue weighted by Gasteiger charge is 2.09. The second kappa shape index (κ2) is 5.83. The SMILES string of the molecule is CCc1ccc(CC(=O)c2ccc3ncccc3c2)nc1. The van der Waals surface area contributed by atoms with Gasteiger partial charge in [0.15, 0.2) is 5.78 Å². The first kappa shape index (κ1) is 13.4. The van der Waals surface area contributed by atoms with Crippen molar-refractivity contribution in [3.63, 3.8) is 0 Å². The number of carbonyl (C=O) groups excluding carboxylic acids is 1. The molecule has 0 atom stereocenters. The minimum absolute atomic E-state index is 0.0810. The largest absolute Gasteiger partial charge is 0.294 e. The summed E-state index contributed by atoms with van der Waals surface area (Å²) in [5.41, 5.74) is 3.60. The maximum absolute atomic E-state index is 12.4. The number of ketones is 1. The number of fused-ring (bicyclic) bond motifs is 1. The molecule has 2 heterocycles. The summed E-state index contributed by atoms with van der Waals surface area (Å²) >= 11 is 0. The zero-order valence-electron chi connectivity index (χ0n) is 11.9. The van der Waals surface area contributed by atoms with Crippen LogP contribution >= 0.6 is 0 Å². The quantitative estimate of drug-likeness (QED) is 0.683. The number of nitrogens with zero attached hydrogens (tertiary/aromatic N) is 2. The van der Waals surface area contributed by atoms with Gasteiger partial charge in [-0.25, -0.2) is 0 Å². The first-order valence-electron chi connectivity index (χ1n) is 7.08. The lowest BCUT2D eigenvalue weighted by Crippen LogP contribution is -2.05. The van der Waals surface area contributed by atoms with Crippen LogP contribution in [0.3, 0.4) is 0 Å². The van der Waals surface area contributed by atoms with Crippen molar-refractivity contribution in [2.45, 2.75) is 19.8 Å². The van der Waals surface area contributed by atoms with E-state index < -0.39 is 0 Å². The van der Waals surface area contributed by atoms with Crippen LogP contribution in [0.25, 0.3) is 10.9 Å². The van der Waals surface area contributed by atoms with Crippen LogP contribution in [0.4, 0.5) is 0 Å². The molecule has 0 saturated heterocycles. The lowest BCUT2D eigenvalue weighted by molar-refractivity contribution is 0.0992. The molecular weight excluding hydrogens is 260 g/mol. The van der Waals surface area contributed by atoms with E-state index >= 15 is 0 Å². The average Bonchev–Trinajstić information content (AvgIpc) is 2.55. The summed E-state index contributed by atoms with van der Waals surface area (Å²) < 4.78 is 0. The Hall–Kier alpha value is -2.55. The first-order chi connectivity index (χ1) is 10.3. The van der Waals surface area contributed by atoms with Gasteiger partial charge in [0.25, 0.3) is 0 Å². The molecule has 0 radical (unpaired) electrons. The molecule has 0 aliphatic carbocycles. The lowest BCUT2D eigenvalue weighted by atomic mass is 10.0. The summed E-state index contributed by atoms with van der Waals surface area (Å²) in [5, 5.41) is 0.984. The standard InChI is InChI=1S/C18H16N2O/c1-2-13-5-7-16(20-12-13)11-18(21)15-6-8-17-14(10-15)4-3-9-19-17/h3-10,12H,2,11H2,1H3. The zero-order chi connectivity index (χ0) is 14.7. The van der Waals surface area contributed by atoms with Crippen LogP contribution in [-0.4, -0.2) is 15.8 Å². The monoisotopic (exact) mass is 276 g/mol. The van der Waals surface area contributed by atoms with Crippen molar-refractivity contribution >= 4 is 16.7 Å². The van der Waals surface area contributed by atoms with Crippen molar-refractivity contribution in [3.05, 3.63) is 71.7 Å². The molecule has 104 valence electrons. The molecule has 0 fully saturated rings. The highest BCUT2D eigenvalue weighted by atomic mass is 16.1. The molecule has 1 aromatic carbocycles. The number of rotatable bonds is 4. The molecule has 0 amide bonds. The molecule has 0 aliphatic rings. The predicted molar refractivity (Wildman–Crippen MR) is 83.4 cm³/mol. The van der Waals surface area contributed by atoms with Crippen molar-refractivity contribution < 1.29 is 4.79 Å². The Bertz CT molecular complexity index is 779. The maximum Gasteiger partial charge on any atom is 0.168 e. The van der Waals surface area contributed by atoms with Crippen LogP contribution < -0.4 is 0 Å². The summed E-state index contributed by atoms with van der Waals surface area (Å²) in [4.78, 5) is 21.0. The van der Waals surface area contributed by atoms with E-state index in [-0.39, 0.29) is 5.78 Å². The third-order valence-electron chi connectivity index (χ3n) is 3.56. The van der Waals surface area contributed by atoms with Gasteiger partial charge in [0.2, 0.25) is 0 Å². The molecule has 3 rings (SSSR count). The molecule has 3 nitrogen and oxygen atoms in total. The van der Waals surface area contributed by atoms with Gasteiger partial charge in [-0.2, -0.15) is 0 Å². The number of pyridine rings is 2. The van der Waals surface area contributed by atoms with Crippen LogP contribution in [0.5, 0.6) is 0 Å². The van der Waals surface area contributed by atoms with E-state index in [1.54, 1.807) is 6.20 Å². The summed E-state index contributed by atoms with van der Waals surface area (Å²) in [7, 11) is 0. The highest BCUT2D eigenvalue weighted by Crippen LogP contribution is 2.15. The summed E-state index contributed by atoms with van der Waals surface area (Å²) in [5.74, 6) is 0.0810. The van der Waals surface area contributed by atoms with Crippen LogP contribution in [-0.2, 0) is 12.8 Å². The molecule has 3 heteroatoms. The van der Waals surface area contributed by atoms with Crippen molar-refractivity contribution in [1.82, 2.24) is 9.97 Å². The molecule has 0 spiro atoms. The van der Waals surface area contributed by atoms with E-state index in [1.807, 2.05) is 48.7 Å². The number of aromatic nitrogens is 2. The topological polar surface area (TPSA) is 42.9 Å². The fraction of sp³-hybridized carbons (Fsp3) is 0.167. The zero-order valence-corrected chi connectivity index (χ0v) is 11.9. The van der Waals surface area contributed by atoms with E-state index in [4.69, 9.17) is 0 Å². The summed E-state index contributed by atoms with van der Waals surface area (Å²) in [6.45, 7) is 2.09. The molecule has 0 bridgehead atoms. The van der Waals surface area contributed by atoms with Gasteiger partial charge in [0.05, 0.1) is 11.9 Å². The minimum atomic E-state index is 0.0810. The molecule has 21 heavy (non-hydrogen) atoms. The first-order valence-corrected chi connectivity index (χ1v) is 7.08. The number of hydrogen-bond donors (Lipinski definition) is 0. The lowest BCUT2D eigenvalue weighted by Gasteiger charge is -2.04. The van der Waals surface area contributed by atoms with Gasteiger partial charge in [0, 0.05) is 29.0 Å². The number of Topliss-reactive ketones (excluding diaryl/α,β-unsaturated/α-hetero) is 1. The van der Waals surface area contributed by atoms with Gasteiger partial charge in [0.1, 0.15) is 0 Å². The molecule has 0 unspecified atom stereocenters. The van der Waals surface area contributed by atoms with Crippen molar-refractivity contribution in [2.75, 3.05) is 0 Å². The van der Waals surface area contributed by atoms with Crippen LogP contribution in [0.15, 0.2) is 54.9 Å². The fourth-order valence-corrected chi connectivity index (χ4v) is 2.28. The van der Waals surface area contributed by atoms with Gasteiger partial charge >= 0.3 is 0 Å². The van der Waals surface area contributed by atoms with Gasteiger partial charge in [-0.15, -0.1) is 0 Å². The number of carbonyl (C=O) groups is 1. The number of aryl methyl sites for hydroxylation is 1. The Morgan fingerprint density at radius 3 is 2.76 bits per heavy atom. The van der Waals surface area contributed by atoms with E-state index in [0.717, 1.165) is 23.0 Å². The molecule has 2 aromatic heterocycles. The smallest absolute Gasteiger partial charge is 0.168 e. The maximum atomic E-state index is 12.4. The van der Waals surface area contributed by atoms with Gasteiger partial charge < -0.3 is 0 Å². The van der Waals surface area contributed by atoms with Crippen LogP contribution in [0.2, 0.25) is 0 Å². The number of benzene rings is 1. The minimum Gasteiger partial charge on any atom is -0.294 e. The summed E-state index contributed by atoms with van der Waals surface area (Å²) in [6.07, 6.45) is 4.88. The van der Waals surface area contributed by atoms with Crippen LogP contribution in [0.1, 0.15) is 28.5 Å². The third-order valence-corrected chi connectivity index (χ3v) is 3.56. The predicted octanol–water partition coefficient (Wildman–Crippen LogP) is 3.62. The average molecular weight is 276 g/mol. The van der Waals surface area contributed by atoms with E-state index in [0.29, 0.717) is 12.0 Å². The van der Waals surface area contributed by atoms with Gasteiger partial charge in [-0.05, 0) is 42.3 Å². The van der Waals surface area contributed by atoms with Crippen molar-refractivity contribution in [3.8, 4) is 0 Å². The molecular formula is C18H16N2O. The second-order valence-electron chi connectivity index (χ2n) is 5.02. The Kier molecular flexibility index (Phi) is 3.73. The Balaban J connectivity index is 1.82. The summed E-state index contributed by atoms with van der Waals surface area (Å²) in [6, 6.07) is 13.4. The van der Waals surface area contributed by atoms with Gasteiger partial charge in [-0.3, -0.25) is 14.8 Å². The fourth-order valence-electron chi connectivity index (χ4n) is 2.28. The molecule has 3 aromatic rings. The Morgan fingerprint density at radius 1 is 1.10 bits per heavy atom. The van der Waals surface area contributed by atoms with E-state index in [9.17, 15) is 4.79 Å². The van der Waals surface area contributed by atoms with Crippen molar-refractivity contribution in [2.24, 2.45) is 0 Å². The third kappa shape index (κ3) is 2.97. The molecule has 0 saturated carbocycles. The highest BCUT2D eigenvalue weighted by molar-refractivity contribution is 6.00. The second-order valence-corrected chi connectivity index (χ2v) is 5.02. The molecule has 0 aliphatic heterocycles.